The molecule has 1 fully saturated rings. The number of aliphatic hydroxyl groups excluding tert-OH is 3. The molecule has 0 unspecified atom stereocenters. The van der Waals surface area contributed by atoms with Gasteiger partial charge in [-0.25, -0.2) is 4.98 Å². The molecule has 0 radical (unpaired) electrons. The van der Waals surface area contributed by atoms with Crippen molar-refractivity contribution in [3.8, 4) is 0 Å². The number of rotatable bonds is 6. The van der Waals surface area contributed by atoms with Gasteiger partial charge in [0.25, 0.3) is 0 Å². The summed E-state index contributed by atoms with van der Waals surface area (Å²) in [5.74, 6) is 0.522. The zero-order chi connectivity index (χ0) is 20.5. The van der Waals surface area contributed by atoms with Crippen molar-refractivity contribution in [3.05, 3.63) is 41.7 Å². The van der Waals surface area contributed by atoms with E-state index in [1.807, 2.05) is 6.92 Å². The van der Waals surface area contributed by atoms with Gasteiger partial charge in [-0.3, -0.25) is 4.57 Å². The van der Waals surface area contributed by atoms with E-state index in [4.69, 9.17) is 10.5 Å². The lowest BCUT2D eigenvalue weighted by atomic mass is 10.1. The van der Waals surface area contributed by atoms with Gasteiger partial charge in [0.05, 0.1) is 12.9 Å². The molecule has 4 atom stereocenters. The Morgan fingerprint density at radius 3 is 2.62 bits per heavy atom. The molecule has 4 rings (SSSR count). The van der Waals surface area contributed by atoms with Crippen LogP contribution in [0.25, 0.3) is 11.2 Å². The van der Waals surface area contributed by atoms with Gasteiger partial charge in [-0.15, -0.1) is 0 Å². The van der Waals surface area contributed by atoms with Crippen LogP contribution in [0.3, 0.4) is 0 Å². The van der Waals surface area contributed by atoms with E-state index in [-0.39, 0.29) is 5.95 Å². The van der Waals surface area contributed by atoms with Crippen LogP contribution in [-0.2, 0) is 11.2 Å². The maximum Gasteiger partial charge on any atom is 0.224 e. The number of anilines is 2. The van der Waals surface area contributed by atoms with Crippen LogP contribution in [0, 0.1) is 6.92 Å². The third-order valence-electron chi connectivity index (χ3n) is 5.06. The van der Waals surface area contributed by atoms with Crippen LogP contribution >= 0.6 is 0 Å². The molecule has 0 amide bonds. The van der Waals surface area contributed by atoms with Gasteiger partial charge in [0.1, 0.15) is 18.3 Å². The van der Waals surface area contributed by atoms with Crippen LogP contribution in [0.1, 0.15) is 17.4 Å². The minimum absolute atomic E-state index is 0.0452. The predicted molar refractivity (Wildman–Crippen MR) is 106 cm³/mol. The fraction of sp³-hybridized carbons (Fsp3) is 0.421. The first-order valence-electron chi connectivity index (χ1n) is 9.40. The van der Waals surface area contributed by atoms with Gasteiger partial charge in [0.15, 0.2) is 23.2 Å². The van der Waals surface area contributed by atoms with Crippen LogP contribution in [0.5, 0.6) is 0 Å². The average Bonchev–Trinajstić information content (AvgIpc) is 3.24. The number of hydrogen-bond donors (Lipinski definition) is 5. The molecule has 10 nitrogen and oxygen atoms in total. The smallest absolute Gasteiger partial charge is 0.224 e. The van der Waals surface area contributed by atoms with E-state index in [1.54, 1.807) is 0 Å². The highest BCUT2D eigenvalue weighted by molar-refractivity contribution is 5.84. The lowest BCUT2D eigenvalue weighted by Gasteiger charge is -2.16. The van der Waals surface area contributed by atoms with Crippen LogP contribution in [0.15, 0.2) is 30.6 Å². The summed E-state index contributed by atoms with van der Waals surface area (Å²) in [4.78, 5) is 12.8. The first kappa shape index (κ1) is 19.5. The van der Waals surface area contributed by atoms with E-state index >= 15 is 0 Å². The molecule has 1 aliphatic heterocycles. The number of nitrogens with two attached hydrogens (primary N) is 1. The highest BCUT2D eigenvalue weighted by atomic mass is 16.6. The molecule has 0 spiro atoms. The number of aryl methyl sites for hydroxylation is 1. The number of benzene rings is 1. The van der Waals surface area contributed by atoms with Crippen molar-refractivity contribution in [3.63, 3.8) is 0 Å². The molecule has 6 N–H and O–H groups in total. The van der Waals surface area contributed by atoms with E-state index in [0.29, 0.717) is 23.5 Å². The second-order valence-electron chi connectivity index (χ2n) is 7.15. The minimum Gasteiger partial charge on any atom is -0.394 e. The van der Waals surface area contributed by atoms with Crippen LogP contribution in [0.2, 0.25) is 0 Å². The topological polar surface area (TPSA) is 152 Å². The molecule has 0 saturated carbocycles. The highest BCUT2D eigenvalue weighted by Crippen LogP contribution is 2.32. The Kier molecular flexibility index (Phi) is 5.33. The fourth-order valence-corrected chi connectivity index (χ4v) is 3.43. The molecule has 2 aromatic heterocycles. The van der Waals surface area contributed by atoms with Crippen molar-refractivity contribution in [2.24, 2.45) is 0 Å². The summed E-state index contributed by atoms with van der Waals surface area (Å²) in [7, 11) is 0. The van der Waals surface area contributed by atoms with Gasteiger partial charge in [-0.2, -0.15) is 9.97 Å². The number of nitrogen functional groups attached to an aromatic ring is 1. The highest BCUT2D eigenvalue weighted by Gasteiger charge is 2.44. The number of ether oxygens (including phenoxy) is 1. The number of aliphatic hydroxyl groups is 3. The van der Waals surface area contributed by atoms with E-state index < -0.39 is 31.1 Å². The Labute approximate surface area is 167 Å². The molecule has 3 heterocycles. The van der Waals surface area contributed by atoms with Gasteiger partial charge in [0.2, 0.25) is 5.95 Å². The standard InChI is InChI=1S/C19H24N6O4/c1-10-2-4-11(5-3-10)6-7-21-16-13-17(24-19(20)23-16)25(9-22-13)18-15(28)14(27)12(8-26)29-18/h2-5,9,12,14-15,18,26-28H,6-8H2,1H3,(H3,20,21,23,24)/t12-,14-,15-,18-/m1/s1. The molecule has 1 aliphatic rings. The first-order chi connectivity index (χ1) is 14.0. The second kappa shape index (κ2) is 7.91. The second-order valence-corrected chi connectivity index (χ2v) is 7.15. The average molecular weight is 400 g/mol. The Balaban J connectivity index is 1.56. The summed E-state index contributed by atoms with van der Waals surface area (Å²) in [6.07, 6.45) is -2.04. The molecule has 1 aromatic carbocycles. The number of aromatic nitrogens is 4. The van der Waals surface area contributed by atoms with Crippen molar-refractivity contribution >= 4 is 22.9 Å². The van der Waals surface area contributed by atoms with Crippen molar-refractivity contribution in [1.29, 1.82) is 0 Å². The monoisotopic (exact) mass is 400 g/mol. The lowest BCUT2D eigenvalue weighted by molar-refractivity contribution is -0.0511. The summed E-state index contributed by atoms with van der Waals surface area (Å²) in [5.41, 5.74) is 9.11. The SMILES string of the molecule is Cc1ccc(CCNc2nc(N)nc3c2ncn3[C@@H]2O[C@H](CO)[C@@H](O)[C@H]2O)cc1. The first-order valence-corrected chi connectivity index (χ1v) is 9.40. The number of imidazole rings is 1. The van der Waals surface area contributed by atoms with Crippen molar-refractivity contribution in [2.75, 3.05) is 24.2 Å². The van der Waals surface area contributed by atoms with Crippen molar-refractivity contribution in [1.82, 2.24) is 19.5 Å². The normalized spacial score (nSPS) is 24.3. The molecule has 29 heavy (non-hydrogen) atoms. The molecule has 0 aliphatic carbocycles. The minimum atomic E-state index is -1.24. The largest absolute Gasteiger partial charge is 0.394 e. The Hall–Kier alpha value is -2.79. The van der Waals surface area contributed by atoms with Gasteiger partial charge < -0.3 is 31.1 Å². The van der Waals surface area contributed by atoms with Gasteiger partial charge in [0, 0.05) is 6.54 Å². The number of hydrogen-bond acceptors (Lipinski definition) is 9. The van der Waals surface area contributed by atoms with Gasteiger partial charge >= 0.3 is 0 Å². The summed E-state index contributed by atoms with van der Waals surface area (Å²) >= 11 is 0. The number of fused-ring (bicyclic) bond motifs is 1. The van der Waals surface area contributed by atoms with Crippen LogP contribution in [0.4, 0.5) is 11.8 Å². The molecular weight excluding hydrogens is 376 g/mol. The zero-order valence-corrected chi connectivity index (χ0v) is 15.9. The molecule has 0 bridgehead atoms. The molecule has 1 saturated heterocycles. The molecular formula is C19H24N6O4. The summed E-state index contributed by atoms with van der Waals surface area (Å²) in [6.45, 7) is 2.26. The maximum absolute atomic E-state index is 10.3. The van der Waals surface area contributed by atoms with Gasteiger partial charge in [-0.1, -0.05) is 29.8 Å². The fourth-order valence-electron chi connectivity index (χ4n) is 3.43. The van der Waals surface area contributed by atoms with Crippen LogP contribution in [-0.4, -0.2) is 66.3 Å². The Morgan fingerprint density at radius 2 is 1.93 bits per heavy atom. The maximum atomic E-state index is 10.3. The number of nitrogens with one attached hydrogen (secondary N) is 1. The summed E-state index contributed by atoms with van der Waals surface area (Å²) < 4.78 is 7.06. The zero-order valence-electron chi connectivity index (χ0n) is 15.9. The Morgan fingerprint density at radius 1 is 1.17 bits per heavy atom. The third-order valence-corrected chi connectivity index (χ3v) is 5.06. The summed E-state index contributed by atoms with van der Waals surface area (Å²) in [5, 5.41) is 32.8. The van der Waals surface area contributed by atoms with Gasteiger partial charge in [-0.05, 0) is 18.9 Å². The molecule has 10 heteroatoms. The quantitative estimate of drug-likeness (QED) is 0.384. The van der Waals surface area contributed by atoms with E-state index in [1.165, 1.54) is 22.0 Å². The van der Waals surface area contributed by atoms with Crippen LogP contribution < -0.4 is 11.1 Å². The van der Waals surface area contributed by atoms with E-state index in [2.05, 4.69) is 44.5 Å². The molecule has 3 aromatic rings. The Bertz CT molecular complexity index is 992. The third kappa shape index (κ3) is 3.75. The lowest BCUT2D eigenvalue weighted by Crippen LogP contribution is -2.33. The van der Waals surface area contributed by atoms with Crippen molar-refractivity contribution < 1.29 is 20.1 Å². The summed E-state index contributed by atoms with van der Waals surface area (Å²) in [6, 6.07) is 8.30. The van der Waals surface area contributed by atoms with E-state index in [9.17, 15) is 15.3 Å². The van der Waals surface area contributed by atoms with E-state index in [0.717, 1.165) is 6.42 Å². The molecule has 154 valence electrons. The predicted octanol–water partition coefficient (Wildman–Crippen LogP) is -0.0170. The number of nitrogens with zero attached hydrogens (tertiary/aromatic N) is 4. The van der Waals surface area contributed by atoms with Crippen molar-refractivity contribution in [2.45, 2.75) is 37.9 Å².